The number of aromatic nitrogens is 1. The molecule has 4 rings (SSSR count). The summed E-state index contributed by atoms with van der Waals surface area (Å²) in [5.41, 5.74) is 0.732. The third kappa shape index (κ3) is 4.41. The van der Waals surface area contributed by atoms with Crippen LogP contribution in [-0.4, -0.2) is 52.3 Å². The summed E-state index contributed by atoms with van der Waals surface area (Å²) in [7, 11) is -7.67. The van der Waals surface area contributed by atoms with Crippen molar-refractivity contribution in [1.82, 2.24) is 14.6 Å². The van der Waals surface area contributed by atoms with Crippen molar-refractivity contribution in [3.8, 4) is 0 Å². The Hall–Kier alpha value is -1.82. The van der Waals surface area contributed by atoms with Crippen molar-refractivity contribution in [2.75, 3.05) is 30.9 Å². The molecule has 3 N–H and O–H groups in total. The molecule has 31 heavy (non-hydrogen) atoms. The van der Waals surface area contributed by atoms with Crippen molar-refractivity contribution < 1.29 is 16.8 Å². The average molecular weight is 503 g/mol. The first-order valence-corrected chi connectivity index (χ1v) is 13.2. The molecule has 12 heteroatoms. The summed E-state index contributed by atoms with van der Waals surface area (Å²) in [5.74, 6) is 0. The largest absolute Gasteiger partial charge is 0.358 e. The number of aromatic amines is 1. The minimum Gasteiger partial charge on any atom is -0.358 e. The van der Waals surface area contributed by atoms with Gasteiger partial charge in [-0.3, -0.25) is 4.72 Å². The third-order valence-corrected chi connectivity index (χ3v) is 8.96. The highest BCUT2D eigenvalue weighted by molar-refractivity contribution is 7.92. The van der Waals surface area contributed by atoms with Crippen LogP contribution in [0.5, 0.6) is 0 Å². The van der Waals surface area contributed by atoms with Gasteiger partial charge in [0.2, 0.25) is 10.0 Å². The molecule has 1 fully saturated rings. The summed E-state index contributed by atoms with van der Waals surface area (Å²) in [4.78, 5) is 2.90. The van der Waals surface area contributed by atoms with Gasteiger partial charge in [-0.2, -0.15) is 4.31 Å². The van der Waals surface area contributed by atoms with Gasteiger partial charge in [-0.05, 0) is 49.4 Å². The van der Waals surface area contributed by atoms with E-state index >= 15 is 0 Å². The van der Waals surface area contributed by atoms with Crippen LogP contribution in [0.1, 0.15) is 6.42 Å². The van der Waals surface area contributed by atoms with Crippen molar-refractivity contribution in [1.29, 1.82) is 0 Å². The van der Waals surface area contributed by atoms with Gasteiger partial charge >= 0.3 is 0 Å². The highest BCUT2D eigenvalue weighted by Gasteiger charge is 2.26. The number of halogens is 2. The molecule has 2 heterocycles. The van der Waals surface area contributed by atoms with Crippen LogP contribution in [0.4, 0.5) is 5.69 Å². The Labute approximate surface area is 190 Å². The molecule has 1 saturated heterocycles. The van der Waals surface area contributed by atoms with E-state index in [1.165, 1.54) is 40.8 Å². The van der Waals surface area contributed by atoms with Crippen molar-refractivity contribution in [2.45, 2.75) is 16.2 Å². The van der Waals surface area contributed by atoms with Gasteiger partial charge in [-0.1, -0.05) is 23.2 Å². The lowest BCUT2D eigenvalue weighted by Crippen LogP contribution is -2.34. The molecule has 1 aliphatic heterocycles. The maximum Gasteiger partial charge on any atom is 0.261 e. The van der Waals surface area contributed by atoms with Crippen LogP contribution in [0.2, 0.25) is 10.0 Å². The second-order valence-corrected chi connectivity index (χ2v) is 11.5. The molecule has 0 amide bonds. The third-order valence-electron chi connectivity index (χ3n) is 5.05. The van der Waals surface area contributed by atoms with Gasteiger partial charge in [-0.15, -0.1) is 0 Å². The predicted molar refractivity (Wildman–Crippen MR) is 122 cm³/mol. The summed E-state index contributed by atoms with van der Waals surface area (Å²) >= 11 is 12.3. The standard InChI is InChI=1S/C19H20Cl2N4O4S2/c20-15-6-7-17(19-18(15)16(21)12-23-19)24-30(26,27)13-2-4-14(5-3-13)31(28,29)25-10-1-8-22-9-11-25/h2-7,12,22-24H,1,8-11H2. The van der Waals surface area contributed by atoms with E-state index < -0.39 is 20.0 Å². The molecule has 0 aliphatic carbocycles. The first kappa shape index (κ1) is 22.4. The number of nitrogens with zero attached hydrogens (tertiary/aromatic N) is 1. The zero-order valence-corrected chi connectivity index (χ0v) is 19.4. The van der Waals surface area contributed by atoms with Gasteiger partial charge in [-0.25, -0.2) is 16.8 Å². The van der Waals surface area contributed by atoms with Crippen LogP contribution in [0.25, 0.3) is 10.9 Å². The summed E-state index contributed by atoms with van der Waals surface area (Å²) < 4.78 is 55.4. The predicted octanol–water partition coefficient (Wildman–Crippen LogP) is 3.26. The fourth-order valence-corrected chi connectivity index (χ4v) is 6.57. The molecule has 0 unspecified atom stereocenters. The SMILES string of the molecule is O=S(=O)(Nc1ccc(Cl)c2c(Cl)c[nH]c12)c1ccc(S(=O)(=O)N2CCCNCC2)cc1. The summed E-state index contributed by atoms with van der Waals surface area (Å²) in [6.07, 6.45) is 2.24. The summed E-state index contributed by atoms with van der Waals surface area (Å²) in [6.45, 7) is 2.13. The highest BCUT2D eigenvalue weighted by atomic mass is 35.5. The molecule has 0 atom stereocenters. The van der Waals surface area contributed by atoms with Gasteiger partial charge in [0.05, 0.1) is 31.0 Å². The Kier molecular flexibility index (Phi) is 6.21. The smallest absolute Gasteiger partial charge is 0.261 e. The van der Waals surface area contributed by atoms with Crippen LogP contribution in [-0.2, 0) is 20.0 Å². The van der Waals surface area contributed by atoms with E-state index in [0.717, 1.165) is 6.54 Å². The monoisotopic (exact) mass is 502 g/mol. The number of nitrogens with one attached hydrogen (secondary N) is 3. The molecule has 2 aromatic carbocycles. The zero-order valence-electron chi connectivity index (χ0n) is 16.2. The maximum atomic E-state index is 12.9. The number of sulfonamides is 2. The normalized spacial score (nSPS) is 16.3. The first-order chi connectivity index (χ1) is 14.7. The van der Waals surface area contributed by atoms with Crippen molar-refractivity contribution in [2.24, 2.45) is 0 Å². The molecular formula is C19H20Cl2N4O4S2. The Morgan fingerprint density at radius 3 is 2.32 bits per heavy atom. The molecule has 3 aromatic rings. The topological polar surface area (TPSA) is 111 Å². The summed E-state index contributed by atoms with van der Waals surface area (Å²) in [5, 5.41) is 4.43. The number of anilines is 1. The molecule has 0 saturated carbocycles. The molecule has 0 spiro atoms. The van der Waals surface area contributed by atoms with Gasteiger partial charge in [0.15, 0.2) is 0 Å². The lowest BCUT2D eigenvalue weighted by Gasteiger charge is -2.19. The Balaban J connectivity index is 1.61. The van der Waals surface area contributed by atoms with Gasteiger partial charge in [0, 0.05) is 31.2 Å². The average Bonchev–Trinajstić information content (AvgIpc) is 2.95. The molecule has 1 aliphatic rings. The van der Waals surface area contributed by atoms with E-state index in [-0.39, 0.29) is 15.5 Å². The molecule has 0 radical (unpaired) electrons. The van der Waals surface area contributed by atoms with E-state index in [2.05, 4.69) is 15.0 Å². The minimum atomic E-state index is -3.98. The number of rotatable bonds is 5. The Bertz CT molecular complexity index is 1310. The van der Waals surface area contributed by atoms with Gasteiger partial charge in [0.1, 0.15) is 0 Å². The molecule has 8 nitrogen and oxygen atoms in total. The molecule has 1 aromatic heterocycles. The van der Waals surface area contributed by atoms with E-state index in [4.69, 9.17) is 23.2 Å². The van der Waals surface area contributed by atoms with Crippen LogP contribution in [0.3, 0.4) is 0 Å². The fraction of sp³-hybridized carbons (Fsp3) is 0.263. The molecular weight excluding hydrogens is 483 g/mol. The van der Waals surface area contributed by atoms with Gasteiger partial charge in [0.25, 0.3) is 10.0 Å². The second-order valence-electron chi connectivity index (χ2n) is 7.07. The number of hydrogen-bond acceptors (Lipinski definition) is 5. The van der Waals surface area contributed by atoms with E-state index in [9.17, 15) is 16.8 Å². The fourth-order valence-electron chi connectivity index (χ4n) is 3.46. The van der Waals surface area contributed by atoms with Gasteiger partial charge < -0.3 is 10.3 Å². The highest BCUT2D eigenvalue weighted by Crippen LogP contribution is 2.35. The lowest BCUT2D eigenvalue weighted by atomic mass is 10.2. The van der Waals surface area contributed by atoms with E-state index in [0.29, 0.717) is 47.0 Å². The zero-order chi connectivity index (χ0) is 22.2. The minimum absolute atomic E-state index is 0.0541. The van der Waals surface area contributed by atoms with Crippen molar-refractivity contribution >= 4 is 59.8 Å². The first-order valence-electron chi connectivity index (χ1n) is 9.49. The lowest BCUT2D eigenvalue weighted by molar-refractivity contribution is 0.432. The van der Waals surface area contributed by atoms with Crippen molar-refractivity contribution in [3.05, 3.63) is 52.6 Å². The Morgan fingerprint density at radius 2 is 1.58 bits per heavy atom. The summed E-state index contributed by atoms with van der Waals surface area (Å²) in [6, 6.07) is 8.25. The maximum absolute atomic E-state index is 12.9. The number of H-pyrrole nitrogens is 1. The van der Waals surface area contributed by atoms with E-state index in [1.807, 2.05) is 0 Å². The molecule has 166 valence electrons. The van der Waals surface area contributed by atoms with Crippen LogP contribution in [0.15, 0.2) is 52.4 Å². The van der Waals surface area contributed by atoms with Crippen LogP contribution in [0, 0.1) is 0 Å². The number of fused-ring (bicyclic) bond motifs is 1. The Morgan fingerprint density at radius 1 is 0.871 bits per heavy atom. The van der Waals surface area contributed by atoms with E-state index in [1.54, 1.807) is 6.07 Å². The second kappa shape index (κ2) is 8.61. The van der Waals surface area contributed by atoms with Crippen LogP contribution < -0.4 is 10.0 Å². The number of hydrogen-bond donors (Lipinski definition) is 3. The van der Waals surface area contributed by atoms with Crippen LogP contribution >= 0.6 is 23.2 Å². The molecule has 0 bridgehead atoms. The quantitative estimate of drug-likeness (QED) is 0.495. The number of benzene rings is 2. The van der Waals surface area contributed by atoms with Crippen molar-refractivity contribution in [3.63, 3.8) is 0 Å².